The molecule has 0 aliphatic heterocycles. The van der Waals surface area contributed by atoms with Gasteiger partial charge >= 0.3 is 52.4 Å². The molecule has 0 amide bonds. The molecular formula is C6H14O2Zr2+6. The molecule has 2 nitrogen and oxygen atoms in total. The summed E-state index contributed by atoms with van der Waals surface area (Å²) in [7, 11) is 0. The zero-order chi connectivity index (χ0) is 6.83. The standard InChI is InChI=1S/2C3H7O.2Zr/c2*1-2-3-4;;/h2*2-3H2,1H3;;/q2*-1;2*+4. The molecule has 10 heavy (non-hydrogen) atoms. The summed E-state index contributed by atoms with van der Waals surface area (Å²) in [5.41, 5.74) is 0. The molecule has 0 fully saturated rings. The van der Waals surface area contributed by atoms with Gasteiger partial charge in [0.15, 0.2) is 0 Å². The van der Waals surface area contributed by atoms with Gasteiger partial charge in [-0.15, -0.1) is 13.2 Å². The van der Waals surface area contributed by atoms with Crippen molar-refractivity contribution in [1.82, 2.24) is 0 Å². The summed E-state index contributed by atoms with van der Waals surface area (Å²) >= 11 is 0. The third-order valence-electron chi connectivity index (χ3n) is 0.408. The van der Waals surface area contributed by atoms with E-state index in [1.165, 1.54) is 0 Å². The monoisotopic (exact) mass is 298 g/mol. The van der Waals surface area contributed by atoms with Crippen LogP contribution in [0.3, 0.4) is 0 Å². The van der Waals surface area contributed by atoms with Crippen LogP contribution in [0, 0.1) is 0 Å². The second-order valence-electron chi connectivity index (χ2n) is 1.41. The predicted octanol–water partition coefficient (Wildman–Crippen LogP) is -0.492. The Morgan fingerprint density at radius 1 is 0.800 bits per heavy atom. The molecule has 0 bridgehead atoms. The molecule has 0 spiro atoms. The summed E-state index contributed by atoms with van der Waals surface area (Å²) in [4.78, 5) is 0. The van der Waals surface area contributed by atoms with Crippen LogP contribution in [0.15, 0.2) is 0 Å². The van der Waals surface area contributed by atoms with Crippen LogP contribution in [0.1, 0.15) is 26.7 Å². The molecule has 0 unspecified atom stereocenters. The summed E-state index contributed by atoms with van der Waals surface area (Å²) in [5.74, 6) is 0. The van der Waals surface area contributed by atoms with Crippen molar-refractivity contribution in [3.63, 3.8) is 0 Å². The van der Waals surface area contributed by atoms with Gasteiger partial charge in [0.25, 0.3) is 0 Å². The van der Waals surface area contributed by atoms with Crippen LogP contribution in [-0.2, 0) is 52.4 Å². The summed E-state index contributed by atoms with van der Waals surface area (Å²) in [6.45, 7) is 3.88. The Morgan fingerprint density at radius 2 is 0.900 bits per heavy atom. The van der Waals surface area contributed by atoms with Gasteiger partial charge in [-0.25, -0.2) is 0 Å². The van der Waals surface area contributed by atoms with E-state index in [-0.39, 0.29) is 65.6 Å². The zero-order valence-corrected chi connectivity index (χ0v) is 11.6. The van der Waals surface area contributed by atoms with Gasteiger partial charge in [-0.05, 0) is 0 Å². The van der Waals surface area contributed by atoms with Gasteiger partial charge in [0.1, 0.15) is 0 Å². The Kier molecular flexibility index (Phi) is 70.0. The van der Waals surface area contributed by atoms with Crippen LogP contribution in [0.2, 0.25) is 0 Å². The zero-order valence-electron chi connectivity index (χ0n) is 6.64. The Balaban J connectivity index is -0.0000000300. The van der Waals surface area contributed by atoms with Crippen LogP contribution < -0.4 is 10.2 Å². The Labute approximate surface area is 102 Å². The molecule has 0 N–H and O–H groups in total. The molecule has 0 saturated heterocycles. The van der Waals surface area contributed by atoms with E-state index >= 15 is 0 Å². The third kappa shape index (κ3) is 53.8. The van der Waals surface area contributed by atoms with Gasteiger partial charge in [0, 0.05) is 0 Å². The molecule has 4 heteroatoms. The van der Waals surface area contributed by atoms with Crippen molar-refractivity contribution in [2.45, 2.75) is 26.7 Å². The fourth-order valence-electron chi connectivity index (χ4n) is 0. The van der Waals surface area contributed by atoms with Crippen molar-refractivity contribution in [2.24, 2.45) is 0 Å². The molecule has 0 aromatic carbocycles. The van der Waals surface area contributed by atoms with Gasteiger partial charge < -0.3 is 10.2 Å². The fraction of sp³-hybridized carbons (Fsp3) is 1.00. The average molecular weight is 301 g/mol. The molecule has 0 aliphatic rings. The number of hydrogen-bond donors (Lipinski definition) is 0. The second kappa shape index (κ2) is 31.0. The molecule has 0 heterocycles. The average Bonchev–Trinajstić information content (AvgIpc) is 1.88. The molecule has 0 atom stereocenters. The number of rotatable bonds is 2. The summed E-state index contributed by atoms with van der Waals surface area (Å²) in [5, 5.41) is 18.6. The smallest absolute Gasteiger partial charge is 0.854 e. The first-order chi connectivity index (χ1) is 3.83. The van der Waals surface area contributed by atoms with Crippen molar-refractivity contribution in [3.05, 3.63) is 0 Å². The minimum absolute atomic E-state index is 0. The molecule has 52 valence electrons. The topological polar surface area (TPSA) is 46.1 Å². The number of hydrogen-bond acceptors (Lipinski definition) is 2. The molecule has 0 saturated carbocycles. The normalized spacial score (nSPS) is 6.00. The largest absolute Gasteiger partial charge is 4.00 e. The Hall–Kier alpha value is 1.69. The van der Waals surface area contributed by atoms with Crippen LogP contribution in [0.5, 0.6) is 0 Å². The summed E-state index contributed by atoms with van der Waals surface area (Å²) < 4.78 is 0. The molecule has 0 rings (SSSR count). The molecule has 0 aromatic heterocycles. The van der Waals surface area contributed by atoms with E-state index in [1.54, 1.807) is 0 Å². The van der Waals surface area contributed by atoms with E-state index in [4.69, 9.17) is 0 Å². The van der Waals surface area contributed by atoms with E-state index in [9.17, 15) is 10.2 Å². The van der Waals surface area contributed by atoms with E-state index in [2.05, 4.69) is 0 Å². The van der Waals surface area contributed by atoms with E-state index in [0.717, 1.165) is 12.8 Å². The maximum absolute atomic E-state index is 9.30. The van der Waals surface area contributed by atoms with Gasteiger partial charge in [0.2, 0.25) is 0 Å². The van der Waals surface area contributed by atoms with Crippen molar-refractivity contribution >= 4 is 0 Å². The second-order valence-corrected chi connectivity index (χ2v) is 1.41. The molecule has 0 aliphatic carbocycles. The quantitative estimate of drug-likeness (QED) is 0.691. The van der Waals surface area contributed by atoms with Crippen molar-refractivity contribution in [2.75, 3.05) is 13.2 Å². The van der Waals surface area contributed by atoms with Crippen molar-refractivity contribution < 1.29 is 62.6 Å². The maximum atomic E-state index is 9.30. The first-order valence-electron chi connectivity index (χ1n) is 2.99. The summed E-state index contributed by atoms with van der Waals surface area (Å²) in [6, 6.07) is 0. The SMILES string of the molecule is CCC[O-].CCC[O-].[Zr+4].[Zr+4]. The molecule has 0 radical (unpaired) electrons. The summed E-state index contributed by atoms with van der Waals surface area (Å²) in [6.07, 6.45) is 1.53. The van der Waals surface area contributed by atoms with Crippen LogP contribution in [0.25, 0.3) is 0 Å². The van der Waals surface area contributed by atoms with Crippen LogP contribution in [-0.4, -0.2) is 13.2 Å². The van der Waals surface area contributed by atoms with Crippen molar-refractivity contribution in [3.8, 4) is 0 Å². The van der Waals surface area contributed by atoms with Gasteiger partial charge in [-0.3, -0.25) is 0 Å². The van der Waals surface area contributed by atoms with E-state index < -0.39 is 0 Å². The molecule has 0 aromatic rings. The van der Waals surface area contributed by atoms with Gasteiger partial charge in [-0.1, -0.05) is 26.7 Å². The Bertz CT molecular complexity index is 21.7. The molecular weight excluding hydrogens is 287 g/mol. The minimum Gasteiger partial charge on any atom is -0.854 e. The fourth-order valence-corrected chi connectivity index (χ4v) is 0. The first kappa shape index (κ1) is 22.6. The predicted molar refractivity (Wildman–Crippen MR) is 30.3 cm³/mol. The van der Waals surface area contributed by atoms with Gasteiger partial charge in [0.05, 0.1) is 0 Å². The minimum atomic E-state index is 0. The maximum Gasteiger partial charge on any atom is 4.00 e. The third-order valence-corrected chi connectivity index (χ3v) is 0.408. The first-order valence-corrected chi connectivity index (χ1v) is 2.99. The van der Waals surface area contributed by atoms with Gasteiger partial charge in [-0.2, -0.15) is 0 Å². The van der Waals surface area contributed by atoms with Crippen molar-refractivity contribution in [1.29, 1.82) is 0 Å². The van der Waals surface area contributed by atoms with Crippen LogP contribution in [0.4, 0.5) is 0 Å². The van der Waals surface area contributed by atoms with E-state index in [0.29, 0.717) is 0 Å². The van der Waals surface area contributed by atoms with E-state index in [1.807, 2.05) is 13.8 Å². The Morgan fingerprint density at radius 3 is 0.900 bits per heavy atom. The van der Waals surface area contributed by atoms with Crippen LogP contribution >= 0.6 is 0 Å².